The Hall–Kier alpha value is -6.55. The van der Waals surface area contributed by atoms with Crippen LogP contribution in [0.3, 0.4) is 0 Å². The van der Waals surface area contributed by atoms with Gasteiger partial charge in [-0.15, -0.1) is 11.3 Å². The standard InChI is InChI=1S/C45H45N7O8S/c1-4-28-29-18-26(53)9-10-34(29)48-39-32(28)21-52-35(39)19-30-33(42(52)55)22-59-43(56)37(30)23(3)60-45(57)51-14-11-24(12-15-51)13-16-58-27-8-6-7-25(17-27)38-31-20-36(40(54)47-5-2)61-41(31)50-44(46)49-38/h6-10,17-20,23-24,37,53H,4-5,11-16,21-22H2,1-3H3,(H,47,54)(H2,46,49,50). The summed E-state index contributed by atoms with van der Waals surface area (Å²) in [5.41, 5.74) is 11.9. The Labute approximate surface area is 354 Å². The van der Waals surface area contributed by atoms with Crippen LogP contribution in [0.1, 0.15) is 77.9 Å². The van der Waals surface area contributed by atoms with Crippen LogP contribution < -0.4 is 21.3 Å². The number of rotatable bonds is 10. The van der Waals surface area contributed by atoms with E-state index in [1.807, 2.05) is 44.2 Å². The molecule has 3 aliphatic rings. The number of carbonyl (C=O) groups excluding carboxylic acids is 3. The molecule has 0 saturated carbocycles. The monoisotopic (exact) mass is 843 g/mol. The summed E-state index contributed by atoms with van der Waals surface area (Å²) in [6, 6.07) is 16.3. The number of nitrogen functional groups attached to an aromatic ring is 1. The number of anilines is 1. The molecule has 0 aliphatic carbocycles. The number of esters is 1. The number of fused-ring (bicyclic) bond motifs is 6. The molecule has 0 spiro atoms. The van der Waals surface area contributed by atoms with Gasteiger partial charge in [0.25, 0.3) is 11.5 Å². The van der Waals surface area contributed by atoms with Gasteiger partial charge in [0.1, 0.15) is 35.0 Å². The number of cyclic esters (lactones) is 1. The zero-order valence-electron chi connectivity index (χ0n) is 34.0. The fraction of sp³-hybridized carbons (Fsp3) is 0.356. The van der Waals surface area contributed by atoms with Gasteiger partial charge in [-0.1, -0.05) is 19.1 Å². The van der Waals surface area contributed by atoms with E-state index in [-0.39, 0.29) is 29.8 Å². The number of aryl methyl sites for hydroxylation is 1. The lowest BCUT2D eigenvalue weighted by Gasteiger charge is -2.34. The van der Waals surface area contributed by atoms with E-state index in [2.05, 4.69) is 15.3 Å². The lowest BCUT2D eigenvalue weighted by atomic mass is 9.88. The number of nitrogens with two attached hydrogens (primary N) is 1. The predicted octanol–water partition coefficient (Wildman–Crippen LogP) is 6.54. The first-order valence-corrected chi connectivity index (χ1v) is 21.4. The minimum atomic E-state index is -0.987. The van der Waals surface area contributed by atoms with E-state index in [4.69, 9.17) is 24.9 Å². The zero-order chi connectivity index (χ0) is 42.5. The number of hydrogen-bond acceptors (Lipinski definition) is 13. The second-order valence-electron chi connectivity index (χ2n) is 15.7. The molecule has 4 aromatic heterocycles. The van der Waals surface area contributed by atoms with E-state index in [0.717, 1.165) is 46.7 Å². The van der Waals surface area contributed by atoms with E-state index in [9.17, 15) is 24.3 Å². The van der Waals surface area contributed by atoms with E-state index in [1.54, 1.807) is 40.7 Å². The Morgan fingerprint density at radius 2 is 1.84 bits per heavy atom. The number of hydrogen-bond donors (Lipinski definition) is 3. The van der Waals surface area contributed by atoms with Crippen LogP contribution in [-0.2, 0) is 33.8 Å². The molecule has 2 unspecified atom stereocenters. The lowest BCUT2D eigenvalue weighted by Crippen LogP contribution is -2.43. The molecule has 1 saturated heterocycles. The molecule has 15 nitrogen and oxygen atoms in total. The van der Waals surface area contributed by atoms with Crippen LogP contribution in [0.2, 0.25) is 0 Å². The molecule has 314 valence electrons. The van der Waals surface area contributed by atoms with Gasteiger partial charge in [0.2, 0.25) is 5.95 Å². The second-order valence-corrected chi connectivity index (χ2v) is 16.7. The zero-order valence-corrected chi connectivity index (χ0v) is 34.8. The molecular formula is C45H45N7O8S. The van der Waals surface area contributed by atoms with E-state index < -0.39 is 24.1 Å². The van der Waals surface area contributed by atoms with E-state index >= 15 is 0 Å². The lowest BCUT2D eigenvalue weighted by molar-refractivity contribution is -0.151. The van der Waals surface area contributed by atoms with Crippen LogP contribution in [0, 0.1) is 5.92 Å². The first-order chi connectivity index (χ1) is 29.5. The summed E-state index contributed by atoms with van der Waals surface area (Å²) in [6.45, 7) is 7.69. The SMILES string of the molecule is CCNC(=O)c1cc2c(-c3cccc(OCCC4CCN(C(=O)OC(C)C5C(=O)OCc6c5cc5n(c6=O)Cc6c-5nc5ccc(O)cc5c6CC)CC4)c3)nc(N)nc2s1. The van der Waals surface area contributed by atoms with Gasteiger partial charge in [-0.3, -0.25) is 14.4 Å². The maximum atomic E-state index is 14.0. The Morgan fingerprint density at radius 3 is 2.62 bits per heavy atom. The summed E-state index contributed by atoms with van der Waals surface area (Å²) in [4.78, 5) is 70.0. The van der Waals surface area contributed by atoms with Crippen molar-refractivity contribution in [3.63, 3.8) is 0 Å². The Morgan fingerprint density at radius 1 is 1.02 bits per heavy atom. The molecule has 0 radical (unpaired) electrons. The number of nitrogens with zero attached hydrogens (tertiary/aromatic N) is 5. The molecule has 9 rings (SSSR count). The molecule has 3 aliphatic heterocycles. The summed E-state index contributed by atoms with van der Waals surface area (Å²) < 4.78 is 19.3. The van der Waals surface area contributed by atoms with E-state index in [0.29, 0.717) is 94.3 Å². The fourth-order valence-corrected chi connectivity index (χ4v) is 9.84. The first-order valence-electron chi connectivity index (χ1n) is 20.6. The number of phenolic OH excluding ortho intramolecular Hbond substituents is 1. The number of piperidine rings is 1. The number of thiophene rings is 1. The number of pyridine rings is 2. The van der Waals surface area contributed by atoms with Gasteiger partial charge in [-0.2, -0.15) is 0 Å². The van der Waals surface area contributed by atoms with Crippen LogP contribution >= 0.6 is 11.3 Å². The highest BCUT2D eigenvalue weighted by atomic mass is 32.1. The van der Waals surface area contributed by atoms with Crippen LogP contribution in [-0.4, -0.2) is 79.8 Å². The first kappa shape index (κ1) is 39.9. The van der Waals surface area contributed by atoms with Gasteiger partial charge < -0.3 is 39.8 Å². The van der Waals surface area contributed by atoms with Crippen molar-refractivity contribution >= 4 is 56.4 Å². The van der Waals surface area contributed by atoms with Crippen molar-refractivity contribution in [2.24, 2.45) is 5.92 Å². The number of carbonyl (C=O) groups is 3. The van der Waals surface area contributed by atoms with Crippen molar-refractivity contribution in [2.45, 2.75) is 71.6 Å². The molecule has 6 aromatic rings. The van der Waals surface area contributed by atoms with E-state index in [1.165, 1.54) is 11.3 Å². The van der Waals surface area contributed by atoms with Gasteiger partial charge >= 0.3 is 12.1 Å². The third-order valence-electron chi connectivity index (χ3n) is 12.0. The van der Waals surface area contributed by atoms with Gasteiger partial charge in [0, 0.05) is 41.5 Å². The molecule has 2 amide bonds. The minimum absolute atomic E-state index is 0.123. The summed E-state index contributed by atoms with van der Waals surface area (Å²) in [6.07, 6.45) is 1.56. The number of amides is 2. The molecule has 7 heterocycles. The Kier molecular flexibility index (Phi) is 10.6. The van der Waals surface area contributed by atoms with Gasteiger partial charge in [0.05, 0.1) is 46.2 Å². The number of ether oxygens (including phenoxy) is 3. The summed E-state index contributed by atoms with van der Waals surface area (Å²) >= 11 is 1.27. The Bertz CT molecular complexity index is 2810. The third-order valence-corrected chi connectivity index (χ3v) is 13.0. The molecule has 1 fully saturated rings. The van der Waals surface area contributed by atoms with Crippen molar-refractivity contribution < 1.29 is 33.7 Å². The summed E-state index contributed by atoms with van der Waals surface area (Å²) in [5.74, 6) is -0.442. The third kappa shape index (κ3) is 7.38. The van der Waals surface area contributed by atoms with Gasteiger partial charge in [-0.25, -0.2) is 19.7 Å². The van der Waals surface area contributed by atoms with Crippen molar-refractivity contribution in [2.75, 3.05) is 32.0 Å². The van der Waals surface area contributed by atoms with Gasteiger partial charge in [0.15, 0.2) is 0 Å². The average molecular weight is 844 g/mol. The highest BCUT2D eigenvalue weighted by Gasteiger charge is 2.40. The predicted molar refractivity (Wildman–Crippen MR) is 230 cm³/mol. The van der Waals surface area contributed by atoms with Crippen molar-refractivity contribution in [3.05, 3.63) is 92.1 Å². The molecule has 61 heavy (non-hydrogen) atoms. The second kappa shape index (κ2) is 16.1. The number of nitrogens with one attached hydrogen (secondary N) is 1. The van der Waals surface area contributed by atoms with Crippen molar-refractivity contribution in [3.8, 4) is 34.1 Å². The highest BCUT2D eigenvalue weighted by Crippen LogP contribution is 2.40. The van der Waals surface area contributed by atoms with Crippen LogP contribution in [0.15, 0.2) is 59.4 Å². The molecule has 2 aromatic carbocycles. The van der Waals surface area contributed by atoms with Crippen LogP contribution in [0.4, 0.5) is 10.7 Å². The maximum Gasteiger partial charge on any atom is 0.410 e. The largest absolute Gasteiger partial charge is 0.508 e. The topological polar surface area (TPSA) is 201 Å². The average Bonchev–Trinajstić information content (AvgIpc) is 3.85. The number of aromatic hydroxyl groups is 1. The Balaban J connectivity index is 0.828. The minimum Gasteiger partial charge on any atom is -0.508 e. The normalized spacial score (nSPS) is 16.5. The smallest absolute Gasteiger partial charge is 0.410 e. The molecule has 16 heteroatoms. The number of phenols is 1. The summed E-state index contributed by atoms with van der Waals surface area (Å²) in [7, 11) is 0. The molecule has 4 N–H and O–H groups in total. The van der Waals surface area contributed by atoms with Crippen LogP contribution in [0.25, 0.3) is 43.8 Å². The maximum absolute atomic E-state index is 14.0. The fourth-order valence-electron chi connectivity index (χ4n) is 8.89. The number of benzene rings is 2. The molecular weight excluding hydrogens is 799 g/mol. The quantitative estimate of drug-likeness (QED) is 0.126. The van der Waals surface area contributed by atoms with Crippen molar-refractivity contribution in [1.82, 2.24) is 29.7 Å². The van der Waals surface area contributed by atoms with Gasteiger partial charge in [-0.05, 0) is 99.0 Å². The summed E-state index contributed by atoms with van der Waals surface area (Å²) in [5, 5.41) is 14.6. The number of likely N-dealkylation sites (tertiary alicyclic amines) is 1. The van der Waals surface area contributed by atoms with Crippen molar-refractivity contribution in [1.29, 1.82) is 0 Å². The number of aromatic nitrogens is 4. The highest BCUT2D eigenvalue weighted by molar-refractivity contribution is 7.20. The van der Waals surface area contributed by atoms with Crippen LogP contribution in [0.5, 0.6) is 11.5 Å². The molecule has 2 atom stereocenters. The molecule has 0 bridgehead atoms.